The van der Waals surface area contributed by atoms with Crippen LogP contribution in [0.2, 0.25) is 0 Å². The van der Waals surface area contributed by atoms with E-state index >= 15 is 0 Å². The fraction of sp³-hybridized carbons (Fsp3) is 1.00. The summed E-state index contributed by atoms with van der Waals surface area (Å²) in [6.07, 6.45) is 4.34. The molecule has 0 bridgehead atoms. The Balaban J connectivity index is 2.07. The maximum absolute atomic E-state index is 2.51. The molecule has 0 aromatic rings. The molecule has 0 N–H and O–H groups in total. The minimum Gasteiger partial charge on any atom is -0.0651 e. The average Bonchev–Trinajstić information content (AvgIpc) is 2.87. The van der Waals surface area contributed by atoms with Crippen molar-refractivity contribution in [3.63, 3.8) is 0 Å². The van der Waals surface area contributed by atoms with E-state index in [1.807, 2.05) is 0 Å². The van der Waals surface area contributed by atoms with Gasteiger partial charge in [0, 0.05) is 0 Å². The largest absolute Gasteiger partial charge is 0.0651 e. The zero-order valence-corrected chi connectivity index (χ0v) is 8.28. The van der Waals surface area contributed by atoms with Crippen molar-refractivity contribution in [1.29, 1.82) is 0 Å². The van der Waals surface area contributed by atoms with Crippen molar-refractivity contribution in [2.75, 3.05) is 0 Å². The lowest BCUT2D eigenvalue weighted by Crippen LogP contribution is -2.21. The summed E-state index contributed by atoms with van der Waals surface area (Å²) in [6.45, 7) is 9.65. The summed E-state index contributed by atoms with van der Waals surface area (Å²) in [5.74, 6) is 2.08. The highest BCUT2D eigenvalue weighted by molar-refractivity contribution is 5.33. The second-order valence-corrected chi connectivity index (χ2v) is 4.86. The third-order valence-corrected chi connectivity index (χ3v) is 5.06. The summed E-state index contributed by atoms with van der Waals surface area (Å²) < 4.78 is 0. The highest BCUT2D eigenvalue weighted by atomic mass is 14.9. The van der Waals surface area contributed by atoms with E-state index in [0.717, 1.165) is 22.7 Å². The average molecular weight is 152 g/mol. The zero-order valence-electron chi connectivity index (χ0n) is 8.28. The lowest BCUT2D eigenvalue weighted by Gasteiger charge is -2.28. The minimum absolute atomic E-state index is 0.760. The summed E-state index contributed by atoms with van der Waals surface area (Å²) in [5, 5.41) is 0. The Morgan fingerprint density at radius 3 is 2.36 bits per heavy atom. The summed E-state index contributed by atoms with van der Waals surface area (Å²) in [4.78, 5) is 0. The maximum Gasteiger partial charge on any atom is -0.0204 e. The van der Waals surface area contributed by atoms with Gasteiger partial charge >= 0.3 is 0 Å². The SMILES string of the molecule is CCC(C)C1(C)C2CC21CC. The van der Waals surface area contributed by atoms with Crippen LogP contribution in [0.25, 0.3) is 0 Å². The van der Waals surface area contributed by atoms with Gasteiger partial charge in [0.25, 0.3) is 0 Å². The van der Waals surface area contributed by atoms with E-state index in [1.54, 1.807) is 6.42 Å². The van der Waals surface area contributed by atoms with E-state index in [-0.39, 0.29) is 0 Å². The van der Waals surface area contributed by atoms with E-state index in [2.05, 4.69) is 27.7 Å². The van der Waals surface area contributed by atoms with Crippen LogP contribution < -0.4 is 0 Å². The van der Waals surface area contributed by atoms with Gasteiger partial charge in [-0.2, -0.15) is 0 Å². The lowest BCUT2D eigenvalue weighted by atomic mass is 9.77. The minimum atomic E-state index is 0.760. The fourth-order valence-electron chi connectivity index (χ4n) is 3.54. The highest BCUT2D eigenvalue weighted by Crippen LogP contribution is 2.91. The summed E-state index contributed by atoms with van der Waals surface area (Å²) in [7, 11) is 0. The molecule has 11 heavy (non-hydrogen) atoms. The van der Waals surface area contributed by atoms with Gasteiger partial charge in [-0.3, -0.25) is 0 Å². The molecule has 2 saturated carbocycles. The van der Waals surface area contributed by atoms with Crippen LogP contribution in [0.4, 0.5) is 0 Å². The first kappa shape index (κ1) is 7.64. The Morgan fingerprint density at radius 1 is 1.45 bits per heavy atom. The number of rotatable bonds is 3. The van der Waals surface area contributed by atoms with Crippen LogP contribution in [0.5, 0.6) is 0 Å². The smallest absolute Gasteiger partial charge is 0.0204 e. The van der Waals surface area contributed by atoms with Gasteiger partial charge in [-0.25, -0.2) is 0 Å². The van der Waals surface area contributed by atoms with E-state index in [0.29, 0.717) is 0 Å². The van der Waals surface area contributed by atoms with Gasteiger partial charge in [0.1, 0.15) is 0 Å². The van der Waals surface area contributed by atoms with E-state index in [9.17, 15) is 0 Å². The summed E-state index contributed by atoms with van der Waals surface area (Å²) >= 11 is 0. The lowest BCUT2D eigenvalue weighted by molar-refractivity contribution is 0.207. The first-order valence-electron chi connectivity index (χ1n) is 5.13. The van der Waals surface area contributed by atoms with Crippen LogP contribution in [0, 0.1) is 22.7 Å². The van der Waals surface area contributed by atoms with Gasteiger partial charge in [0.2, 0.25) is 0 Å². The summed E-state index contributed by atoms with van der Waals surface area (Å²) in [5.41, 5.74) is 1.60. The Labute approximate surface area is 70.4 Å². The molecule has 2 rings (SSSR count). The Morgan fingerprint density at radius 2 is 2.09 bits per heavy atom. The molecule has 0 radical (unpaired) electrons. The molecule has 0 heteroatoms. The van der Waals surface area contributed by atoms with Crippen molar-refractivity contribution in [2.45, 2.75) is 47.0 Å². The quantitative estimate of drug-likeness (QED) is 0.581. The van der Waals surface area contributed by atoms with Gasteiger partial charge in [0.15, 0.2) is 0 Å². The molecule has 0 saturated heterocycles. The van der Waals surface area contributed by atoms with Gasteiger partial charge in [0.05, 0.1) is 0 Å². The van der Waals surface area contributed by atoms with Gasteiger partial charge in [-0.1, -0.05) is 34.1 Å². The van der Waals surface area contributed by atoms with E-state index in [4.69, 9.17) is 0 Å². The zero-order chi connectivity index (χ0) is 8.28. The van der Waals surface area contributed by atoms with Crippen LogP contribution in [-0.2, 0) is 0 Å². The van der Waals surface area contributed by atoms with Crippen LogP contribution >= 0.6 is 0 Å². The molecule has 0 heterocycles. The predicted molar refractivity (Wildman–Crippen MR) is 48.4 cm³/mol. The number of hydrogen-bond donors (Lipinski definition) is 0. The van der Waals surface area contributed by atoms with Crippen LogP contribution in [0.3, 0.4) is 0 Å². The first-order valence-corrected chi connectivity index (χ1v) is 5.13. The molecule has 64 valence electrons. The molecular weight excluding hydrogens is 132 g/mol. The molecule has 2 aliphatic rings. The van der Waals surface area contributed by atoms with Crippen molar-refractivity contribution in [3.8, 4) is 0 Å². The van der Waals surface area contributed by atoms with Crippen LogP contribution in [-0.4, -0.2) is 0 Å². The Kier molecular flexibility index (Phi) is 1.28. The van der Waals surface area contributed by atoms with Crippen LogP contribution in [0.1, 0.15) is 47.0 Å². The van der Waals surface area contributed by atoms with Gasteiger partial charge in [-0.15, -0.1) is 0 Å². The Hall–Kier alpha value is 0. The third-order valence-electron chi connectivity index (χ3n) is 5.06. The van der Waals surface area contributed by atoms with Gasteiger partial charge in [-0.05, 0) is 35.5 Å². The van der Waals surface area contributed by atoms with Crippen molar-refractivity contribution in [1.82, 2.24) is 0 Å². The van der Waals surface area contributed by atoms with E-state index < -0.39 is 0 Å². The third kappa shape index (κ3) is 0.588. The van der Waals surface area contributed by atoms with Crippen molar-refractivity contribution < 1.29 is 0 Å². The van der Waals surface area contributed by atoms with Crippen molar-refractivity contribution in [3.05, 3.63) is 0 Å². The standard InChI is InChI=1S/C11H20/c1-5-8(3)10(4)9-7-11(9,10)6-2/h8-9H,5-7H2,1-4H3. The molecule has 2 fully saturated rings. The topological polar surface area (TPSA) is 0 Å². The molecule has 0 aromatic heterocycles. The van der Waals surface area contributed by atoms with Crippen molar-refractivity contribution >= 4 is 0 Å². The second-order valence-electron chi connectivity index (χ2n) is 4.86. The second kappa shape index (κ2) is 1.84. The van der Waals surface area contributed by atoms with E-state index in [1.165, 1.54) is 12.8 Å². The predicted octanol–water partition coefficient (Wildman–Crippen LogP) is 3.47. The molecule has 0 aliphatic heterocycles. The molecule has 0 spiro atoms. The maximum atomic E-state index is 2.51. The highest BCUT2D eigenvalue weighted by Gasteiger charge is 2.85. The van der Waals surface area contributed by atoms with Gasteiger partial charge < -0.3 is 0 Å². The molecule has 0 amide bonds. The Bertz CT molecular complexity index is 184. The summed E-state index contributed by atoms with van der Waals surface area (Å²) in [6, 6.07) is 0. The first-order chi connectivity index (χ1) is 5.13. The molecule has 2 aliphatic carbocycles. The fourth-order valence-corrected chi connectivity index (χ4v) is 3.54. The molecule has 0 nitrogen and oxygen atoms in total. The van der Waals surface area contributed by atoms with Crippen molar-refractivity contribution in [2.24, 2.45) is 22.7 Å². The monoisotopic (exact) mass is 152 g/mol. The molecular formula is C11H20. The molecule has 4 atom stereocenters. The number of hydrogen-bond acceptors (Lipinski definition) is 0. The number of fused-ring (bicyclic) bond motifs is 1. The molecule has 0 aromatic carbocycles. The normalized spacial score (nSPS) is 55.1. The molecule has 4 unspecified atom stereocenters. The van der Waals surface area contributed by atoms with Crippen LogP contribution in [0.15, 0.2) is 0 Å².